The molecule has 1 aliphatic heterocycles. The smallest absolute Gasteiger partial charge is 0.336 e. The number of nitro benzene ring substituents is 2. The molecule has 0 aromatic heterocycles. The number of carbonyl (C=O) groups excluding carboxylic acids is 5. The first-order valence-corrected chi connectivity index (χ1v) is 26.9. The fourth-order valence-electron chi connectivity index (χ4n) is 8.45. The van der Waals surface area contributed by atoms with Crippen molar-refractivity contribution in [1.29, 1.82) is 0 Å². The average Bonchev–Trinajstić information content (AvgIpc) is 0.787. The van der Waals surface area contributed by atoms with Crippen LogP contribution in [0.2, 0.25) is 0 Å². The molecule has 31 nitrogen and oxygen atoms in total. The van der Waals surface area contributed by atoms with E-state index in [4.69, 9.17) is 37.6 Å². The van der Waals surface area contributed by atoms with E-state index >= 15 is 0 Å². The van der Waals surface area contributed by atoms with E-state index in [0.717, 1.165) is 12.1 Å². The number of carbonyl (C=O) groups is 8. The monoisotopic (exact) mass is 1220 g/mol. The van der Waals surface area contributed by atoms with Gasteiger partial charge in [-0.1, -0.05) is 6.07 Å². The number of benzene rings is 4. The maximum Gasteiger partial charge on any atom is 0.336 e. The van der Waals surface area contributed by atoms with Crippen LogP contribution in [0.15, 0.2) is 82.0 Å². The molecule has 0 saturated heterocycles. The molecule has 0 spiro atoms. The summed E-state index contributed by atoms with van der Waals surface area (Å²) in [6.45, 7) is -1.04. The Morgan fingerprint density at radius 3 is 2.09 bits per heavy atom. The highest BCUT2D eigenvalue weighted by atomic mass is 32.1. The van der Waals surface area contributed by atoms with Crippen molar-refractivity contribution in [2.75, 3.05) is 56.7 Å². The third-order valence-corrected chi connectivity index (χ3v) is 13.0. The number of nitrogens with zero attached hydrogens (tertiary/aromatic N) is 2. The van der Waals surface area contributed by atoms with Gasteiger partial charge in [-0.3, -0.25) is 53.8 Å². The molecule has 2 aliphatic rings. The predicted molar refractivity (Wildman–Crippen MR) is 310 cm³/mol. The minimum atomic E-state index is -1.57. The predicted octanol–water partition coefficient (Wildman–Crippen LogP) is 2.28. The molecule has 5 rings (SSSR count). The zero-order chi connectivity index (χ0) is 63.0. The number of nitro groups is 2. The lowest BCUT2D eigenvalue weighted by atomic mass is 9.90. The number of aromatic carboxylic acids is 1. The summed E-state index contributed by atoms with van der Waals surface area (Å²) >= 11 is 5.44. The van der Waals surface area contributed by atoms with E-state index in [-0.39, 0.29) is 97.4 Å². The molecule has 1 aliphatic carbocycles. The zero-order valence-electron chi connectivity index (χ0n) is 45.8. The number of aliphatic carboxylic acids is 2. The molecule has 5 amide bonds. The van der Waals surface area contributed by atoms with E-state index in [1.54, 1.807) is 24.3 Å². The number of phenolic OH excluding ortho intramolecular Hbond substituents is 1. The number of phenols is 1. The van der Waals surface area contributed by atoms with Crippen molar-refractivity contribution in [2.24, 2.45) is 11.5 Å². The van der Waals surface area contributed by atoms with Gasteiger partial charge in [0.05, 0.1) is 47.3 Å². The number of nitrogens with one attached hydrogen (secondary N) is 7. The molecule has 0 saturated carbocycles. The number of hydrogen-bond acceptors (Lipinski definition) is 20. The van der Waals surface area contributed by atoms with Crippen LogP contribution in [0.4, 0.5) is 22.7 Å². The number of unbranched alkanes of at least 4 members (excludes halogenated alkanes) is 2. The molecule has 1 heterocycles. The van der Waals surface area contributed by atoms with Crippen LogP contribution >= 0.6 is 12.2 Å². The molecule has 460 valence electrons. The van der Waals surface area contributed by atoms with Gasteiger partial charge in [-0.05, 0) is 105 Å². The summed E-state index contributed by atoms with van der Waals surface area (Å²) in [5.41, 5.74) is 11.4. The normalized spacial score (nSPS) is 12.4. The molecule has 4 atom stereocenters. The number of ether oxygens (including phenoxy) is 2. The Bertz CT molecular complexity index is 3360. The van der Waals surface area contributed by atoms with Gasteiger partial charge in [0, 0.05) is 72.9 Å². The maximum absolute atomic E-state index is 13.1. The first-order chi connectivity index (χ1) is 40.9. The maximum atomic E-state index is 13.1. The SMILES string of the molecule is NC(=O)[C@H](CCCCNC(=O)[C@H](CCC(=O)O)NC(=O)[C@@H](N)CCCCNC(=S)Nc1ccc(-c2c3ccc(=O)cc-3oc3cc(O)ccc23)c(C(=O)O)c1)NC(=O)CCOCCOCC(=O)NC[C@H](Nc1ccc([N+](=O)[O-])cc1[N+](=O)[O-])C(=O)O. The average molecular weight is 1220 g/mol. The lowest BCUT2D eigenvalue weighted by Gasteiger charge is -2.20. The molecular formula is C54H63N11O20S. The molecule has 15 N–H and O–H groups in total. The van der Waals surface area contributed by atoms with Crippen LogP contribution in [0.3, 0.4) is 0 Å². The largest absolute Gasteiger partial charge is 0.508 e. The van der Waals surface area contributed by atoms with Crippen molar-refractivity contribution in [2.45, 2.75) is 82.0 Å². The number of anilines is 2. The highest BCUT2D eigenvalue weighted by Crippen LogP contribution is 2.42. The number of primary amides is 1. The van der Waals surface area contributed by atoms with Gasteiger partial charge in [0.2, 0.25) is 29.5 Å². The van der Waals surface area contributed by atoms with Crippen LogP contribution in [0.1, 0.15) is 68.1 Å². The van der Waals surface area contributed by atoms with E-state index in [1.165, 1.54) is 30.3 Å². The lowest BCUT2D eigenvalue weighted by molar-refractivity contribution is -0.393. The quantitative estimate of drug-likeness (QED) is 0.00899. The fourth-order valence-corrected chi connectivity index (χ4v) is 8.67. The Labute approximate surface area is 493 Å². The van der Waals surface area contributed by atoms with Crippen molar-refractivity contribution in [3.63, 3.8) is 0 Å². The molecule has 3 aromatic rings. The Hall–Kier alpha value is -9.92. The van der Waals surface area contributed by atoms with E-state index in [2.05, 4.69) is 37.2 Å². The third kappa shape index (κ3) is 20.8. The third-order valence-electron chi connectivity index (χ3n) is 12.8. The van der Waals surface area contributed by atoms with Crippen molar-refractivity contribution < 1.29 is 82.5 Å². The number of aromatic hydroxyl groups is 1. The number of rotatable bonds is 36. The summed E-state index contributed by atoms with van der Waals surface area (Å²) in [5.74, 6) is -7.37. The molecule has 0 radical (unpaired) electrons. The number of nitrogens with two attached hydrogens (primary N) is 2. The highest BCUT2D eigenvalue weighted by molar-refractivity contribution is 7.80. The Morgan fingerprint density at radius 1 is 0.698 bits per heavy atom. The fraction of sp³-hybridized carbons (Fsp3) is 0.370. The van der Waals surface area contributed by atoms with Gasteiger partial charge in [-0.15, -0.1) is 0 Å². The van der Waals surface area contributed by atoms with Gasteiger partial charge >= 0.3 is 17.9 Å². The topological polar surface area (TPSA) is 489 Å². The second-order valence-corrected chi connectivity index (χ2v) is 19.5. The molecule has 0 unspecified atom stereocenters. The van der Waals surface area contributed by atoms with Gasteiger partial charge in [-0.25, -0.2) is 9.59 Å². The lowest BCUT2D eigenvalue weighted by Crippen LogP contribution is -2.51. The number of carboxylic acids is 3. The van der Waals surface area contributed by atoms with E-state index in [9.17, 15) is 83.8 Å². The van der Waals surface area contributed by atoms with Crippen LogP contribution in [-0.4, -0.2) is 153 Å². The number of fused-ring (bicyclic) bond motifs is 2. The summed E-state index contributed by atoms with van der Waals surface area (Å²) in [4.78, 5) is 132. The number of thiocarbonyl (C=S) groups is 1. The van der Waals surface area contributed by atoms with E-state index < -0.39 is 112 Å². The van der Waals surface area contributed by atoms with Crippen molar-refractivity contribution >= 4 is 98.5 Å². The number of hydrogen-bond donors (Lipinski definition) is 13. The molecule has 32 heteroatoms. The van der Waals surface area contributed by atoms with Crippen LogP contribution in [0.25, 0.3) is 33.4 Å². The second kappa shape index (κ2) is 32.8. The van der Waals surface area contributed by atoms with Crippen LogP contribution in [0, 0.1) is 20.2 Å². The molecule has 0 bridgehead atoms. The Morgan fingerprint density at radius 2 is 1.41 bits per heavy atom. The molecule has 86 heavy (non-hydrogen) atoms. The summed E-state index contributed by atoms with van der Waals surface area (Å²) in [6, 6.07) is 10.8. The van der Waals surface area contributed by atoms with E-state index in [0.29, 0.717) is 59.6 Å². The van der Waals surface area contributed by atoms with Crippen molar-refractivity contribution in [3.05, 3.63) is 109 Å². The zero-order valence-corrected chi connectivity index (χ0v) is 46.6. The minimum Gasteiger partial charge on any atom is -0.508 e. The first-order valence-electron chi connectivity index (χ1n) is 26.5. The first kappa shape index (κ1) is 66.9. The van der Waals surface area contributed by atoms with Gasteiger partial charge in [0.1, 0.15) is 47.5 Å². The summed E-state index contributed by atoms with van der Waals surface area (Å²) in [6.07, 6.45) is 0.852. The van der Waals surface area contributed by atoms with Gasteiger partial charge < -0.3 is 83.0 Å². The van der Waals surface area contributed by atoms with Gasteiger partial charge in [0.15, 0.2) is 10.5 Å². The van der Waals surface area contributed by atoms with Crippen molar-refractivity contribution in [3.8, 4) is 28.2 Å². The molecular weight excluding hydrogens is 1150 g/mol. The van der Waals surface area contributed by atoms with Crippen molar-refractivity contribution in [1.82, 2.24) is 26.6 Å². The van der Waals surface area contributed by atoms with E-state index in [1.807, 2.05) is 0 Å². The minimum absolute atomic E-state index is 0.0470. The standard InChI is InChI=1S/C54H63N11O20S/c55-37(5-1-3-19-58-54(86)60-29-7-11-33(36(23-29)52(75)76)48-34-12-9-31(66)25-43(34)85-44-26-32(67)10-13-35(44)48)50(73)63-40(15-16-47(70)71)51(74)57-18-4-2-6-39(49(56)72)62-45(68)17-20-83-21-22-84-28-46(69)59-27-41(53(77)78)61-38-14-8-30(64(79)80)24-42(38)65(81)82/h7-14,23-26,37,39-41,61,66H,1-6,15-22,27-28,55H2,(H2,56,72)(H,57,74)(H,59,69)(H,62,68)(H,63,73)(H,70,71)(H,75,76)(H,77,78)(H2,58,60,86)/t37-,39-,40-,41-/m0/s1. The summed E-state index contributed by atoms with van der Waals surface area (Å²) < 4.78 is 16.4. The summed E-state index contributed by atoms with van der Waals surface area (Å²) in [5, 5.41) is 80.6. The summed E-state index contributed by atoms with van der Waals surface area (Å²) in [7, 11) is 0. The number of non-ortho nitro benzene ring substituents is 1. The van der Waals surface area contributed by atoms with Crippen LogP contribution in [0.5, 0.6) is 5.75 Å². The second-order valence-electron chi connectivity index (χ2n) is 19.1. The number of carboxylic acid groups (broad SMARTS) is 3. The number of amides is 5. The van der Waals surface area contributed by atoms with Gasteiger partial charge in [0.25, 0.3) is 11.4 Å². The Balaban J connectivity index is 0.957. The molecule has 3 aromatic carbocycles. The van der Waals surface area contributed by atoms with Crippen LogP contribution in [-0.2, 0) is 43.0 Å². The molecule has 0 fully saturated rings. The highest BCUT2D eigenvalue weighted by Gasteiger charge is 2.28. The Kier molecular flexibility index (Phi) is 25.5. The van der Waals surface area contributed by atoms with Crippen LogP contribution < -0.4 is 54.1 Å². The van der Waals surface area contributed by atoms with Gasteiger partial charge in [-0.2, -0.15) is 0 Å².